The van der Waals surface area contributed by atoms with Gasteiger partial charge in [0.1, 0.15) is 10.0 Å². The highest BCUT2D eigenvalue weighted by atomic mass is 32.2. The van der Waals surface area contributed by atoms with Crippen molar-refractivity contribution in [1.29, 1.82) is 0 Å². The molecule has 31 heavy (non-hydrogen) atoms. The molecule has 1 N–H and O–H groups in total. The molecule has 10 heteroatoms. The van der Waals surface area contributed by atoms with E-state index in [4.69, 9.17) is 4.74 Å². The molecule has 1 aromatic carbocycles. The lowest BCUT2D eigenvalue weighted by Gasteiger charge is -2.32. The van der Waals surface area contributed by atoms with Crippen LogP contribution < -0.4 is 4.72 Å². The first kappa shape index (κ1) is 23.4. The van der Waals surface area contributed by atoms with Crippen LogP contribution in [0, 0.1) is 11.2 Å². The molecule has 0 saturated carbocycles. The van der Waals surface area contributed by atoms with E-state index in [2.05, 4.69) is 4.72 Å². The minimum Gasteiger partial charge on any atom is -0.465 e. The normalized spacial score (nSPS) is 14.3. The second-order valence-electron chi connectivity index (χ2n) is 8.34. The van der Waals surface area contributed by atoms with E-state index in [1.165, 1.54) is 31.4 Å². The fourth-order valence-corrected chi connectivity index (χ4v) is 6.33. The van der Waals surface area contributed by atoms with Gasteiger partial charge in [0.25, 0.3) is 10.0 Å². The van der Waals surface area contributed by atoms with Crippen molar-refractivity contribution in [2.75, 3.05) is 13.7 Å². The lowest BCUT2D eigenvalue weighted by Crippen LogP contribution is -2.42. The predicted molar refractivity (Wildman–Crippen MR) is 115 cm³/mol. The smallest absolute Gasteiger partial charge is 0.340 e. The number of hydrogen-bond acceptors (Lipinski definition) is 6. The number of amides is 1. The maximum absolute atomic E-state index is 13.1. The van der Waals surface area contributed by atoms with Gasteiger partial charge in [0.15, 0.2) is 0 Å². The van der Waals surface area contributed by atoms with Crippen LogP contribution in [0.2, 0.25) is 0 Å². The molecule has 2 heterocycles. The fourth-order valence-electron chi connectivity index (χ4n) is 3.37. The van der Waals surface area contributed by atoms with Crippen LogP contribution in [0.4, 0.5) is 4.39 Å². The number of nitrogens with zero attached hydrogens (tertiary/aromatic N) is 1. The van der Waals surface area contributed by atoms with Gasteiger partial charge in [-0.05, 0) is 29.7 Å². The van der Waals surface area contributed by atoms with Gasteiger partial charge in [-0.1, -0.05) is 32.9 Å². The van der Waals surface area contributed by atoms with E-state index in [1.54, 1.807) is 4.90 Å². The van der Waals surface area contributed by atoms with Crippen LogP contribution in [0.25, 0.3) is 0 Å². The van der Waals surface area contributed by atoms with Gasteiger partial charge in [0.05, 0.1) is 19.2 Å². The largest absolute Gasteiger partial charge is 0.465 e. The van der Waals surface area contributed by atoms with Crippen LogP contribution in [0.15, 0.2) is 28.5 Å². The Morgan fingerprint density at radius 2 is 1.87 bits per heavy atom. The maximum atomic E-state index is 13.1. The van der Waals surface area contributed by atoms with Crippen LogP contribution in [0.5, 0.6) is 0 Å². The summed E-state index contributed by atoms with van der Waals surface area (Å²) in [6, 6.07) is 5.45. The van der Waals surface area contributed by atoms with Crippen LogP contribution in [-0.4, -0.2) is 38.8 Å². The molecule has 3 rings (SSSR count). The van der Waals surface area contributed by atoms with Crippen molar-refractivity contribution in [3.63, 3.8) is 0 Å². The molecule has 0 saturated heterocycles. The second kappa shape index (κ2) is 8.68. The lowest BCUT2D eigenvalue weighted by molar-refractivity contribution is -0.140. The topological polar surface area (TPSA) is 92.8 Å². The summed E-state index contributed by atoms with van der Waals surface area (Å²) in [5.41, 5.74) is 0.646. The number of carbonyl (C=O) groups excluding carboxylic acids is 2. The van der Waals surface area contributed by atoms with Crippen molar-refractivity contribution in [3.05, 3.63) is 51.7 Å². The van der Waals surface area contributed by atoms with Gasteiger partial charge in [0, 0.05) is 23.4 Å². The number of hydrogen-bond donors (Lipinski definition) is 1. The Morgan fingerprint density at radius 1 is 1.23 bits per heavy atom. The number of esters is 1. The number of thiophene rings is 1. The van der Waals surface area contributed by atoms with E-state index in [9.17, 15) is 22.4 Å². The molecule has 0 bridgehead atoms. The molecule has 0 atom stereocenters. The predicted octanol–water partition coefficient (Wildman–Crippen LogP) is 3.08. The van der Waals surface area contributed by atoms with Crippen LogP contribution >= 0.6 is 11.3 Å². The number of nitrogens with one attached hydrogen (secondary N) is 1. The summed E-state index contributed by atoms with van der Waals surface area (Å²) in [4.78, 5) is 27.5. The molecule has 0 unspecified atom stereocenters. The first-order valence-electron chi connectivity index (χ1n) is 9.70. The first-order valence-corrected chi connectivity index (χ1v) is 12.0. The van der Waals surface area contributed by atoms with Crippen molar-refractivity contribution in [3.8, 4) is 0 Å². The van der Waals surface area contributed by atoms with E-state index < -0.39 is 27.2 Å². The SMILES string of the molecule is COC(=O)c1c(S(=O)(=O)NCc2ccc(F)cc2)sc2c1CCN(C(=O)C(C)(C)C)C2. The zero-order valence-corrected chi connectivity index (χ0v) is 19.5. The van der Waals surface area contributed by atoms with Gasteiger partial charge in [-0.3, -0.25) is 4.79 Å². The molecule has 0 radical (unpaired) electrons. The summed E-state index contributed by atoms with van der Waals surface area (Å²) in [6.07, 6.45) is 0.367. The quantitative estimate of drug-likeness (QED) is 0.681. The van der Waals surface area contributed by atoms with E-state index in [1.807, 2.05) is 20.8 Å². The number of methoxy groups -OCH3 is 1. The van der Waals surface area contributed by atoms with Gasteiger partial charge >= 0.3 is 5.97 Å². The van der Waals surface area contributed by atoms with Gasteiger partial charge in [-0.25, -0.2) is 22.3 Å². The molecular weight excluding hydrogens is 443 g/mol. The summed E-state index contributed by atoms with van der Waals surface area (Å²) in [7, 11) is -2.84. The Bertz CT molecular complexity index is 1100. The average molecular weight is 469 g/mol. The van der Waals surface area contributed by atoms with Crippen LogP contribution in [-0.2, 0) is 39.1 Å². The van der Waals surface area contributed by atoms with Crippen LogP contribution in [0.3, 0.4) is 0 Å². The van der Waals surface area contributed by atoms with Crippen molar-refractivity contribution in [2.45, 2.75) is 44.5 Å². The monoisotopic (exact) mass is 468 g/mol. The molecule has 1 aromatic heterocycles. The third-order valence-electron chi connectivity index (χ3n) is 4.97. The summed E-state index contributed by atoms with van der Waals surface area (Å²) in [5.74, 6) is -1.18. The van der Waals surface area contributed by atoms with E-state index in [0.717, 1.165) is 11.3 Å². The average Bonchev–Trinajstić information content (AvgIpc) is 3.11. The highest BCUT2D eigenvalue weighted by Crippen LogP contribution is 2.37. The number of fused-ring (bicyclic) bond motifs is 1. The molecule has 2 aromatic rings. The van der Waals surface area contributed by atoms with E-state index in [0.29, 0.717) is 29.0 Å². The zero-order chi connectivity index (χ0) is 23.0. The van der Waals surface area contributed by atoms with Gasteiger partial charge in [-0.2, -0.15) is 0 Å². The number of ether oxygens (including phenoxy) is 1. The number of carbonyl (C=O) groups is 2. The summed E-state index contributed by atoms with van der Waals surface area (Å²) in [5, 5.41) is 0. The summed E-state index contributed by atoms with van der Waals surface area (Å²) >= 11 is 0.977. The number of benzene rings is 1. The molecule has 1 aliphatic rings. The van der Waals surface area contributed by atoms with E-state index in [-0.39, 0.29) is 28.8 Å². The van der Waals surface area contributed by atoms with Gasteiger partial charge < -0.3 is 9.64 Å². The minimum atomic E-state index is -4.04. The molecule has 0 aliphatic carbocycles. The standard InChI is InChI=1S/C21H25FN2O5S2/c1-21(2,3)20(26)24-10-9-15-16(12-24)30-19(17(15)18(25)29-4)31(27,28)23-11-13-5-7-14(22)8-6-13/h5-8,23H,9-12H2,1-4H3. The Morgan fingerprint density at radius 3 is 2.45 bits per heavy atom. The number of halogens is 1. The lowest BCUT2D eigenvalue weighted by atomic mass is 9.93. The van der Waals surface area contributed by atoms with Crippen LogP contribution in [0.1, 0.15) is 47.1 Å². The molecule has 7 nitrogen and oxygen atoms in total. The maximum Gasteiger partial charge on any atom is 0.340 e. The third kappa shape index (κ3) is 4.97. The Balaban J connectivity index is 1.93. The fraction of sp³-hybridized carbons (Fsp3) is 0.429. The Labute approximate surface area is 185 Å². The Hall–Kier alpha value is -2.30. The number of sulfonamides is 1. The van der Waals surface area contributed by atoms with Crippen molar-refractivity contribution in [2.24, 2.45) is 5.41 Å². The molecule has 0 fully saturated rings. The highest BCUT2D eigenvalue weighted by Gasteiger charge is 2.36. The van der Waals surface area contributed by atoms with Gasteiger partial charge in [0.2, 0.25) is 5.91 Å². The third-order valence-corrected chi connectivity index (χ3v) is 8.10. The highest BCUT2D eigenvalue weighted by molar-refractivity contribution is 7.91. The van der Waals surface area contributed by atoms with Gasteiger partial charge in [-0.15, -0.1) is 11.3 Å². The van der Waals surface area contributed by atoms with E-state index >= 15 is 0 Å². The number of rotatable bonds is 5. The minimum absolute atomic E-state index is 0.0250. The van der Waals surface area contributed by atoms with Crippen molar-refractivity contribution in [1.82, 2.24) is 9.62 Å². The molecule has 1 aliphatic heterocycles. The molecule has 1 amide bonds. The molecule has 0 spiro atoms. The first-order chi connectivity index (χ1) is 14.4. The molecule has 168 valence electrons. The molecular formula is C21H25FN2O5S2. The summed E-state index contributed by atoms with van der Waals surface area (Å²) < 4.78 is 46.4. The zero-order valence-electron chi connectivity index (χ0n) is 17.8. The second-order valence-corrected chi connectivity index (χ2v) is 11.4. The van der Waals surface area contributed by atoms with Crippen molar-refractivity contribution >= 4 is 33.2 Å². The Kier molecular flexibility index (Phi) is 6.54. The summed E-state index contributed by atoms with van der Waals surface area (Å²) in [6.45, 7) is 6.07. The van der Waals surface area contributed by atoms with Crippen molar-refractivity contribution < 1.29 is 27.1 Å².